The van der Waals surface area contributed by atoms with Gasteiger partial charge in [-0.05, 0) is 32.0 Å². The van der Waals surface area contributed by atoms with Crippen molar-refractivity contribution >= 4 is 34.6 Å². The number of carbonyl (C=O) groups excluding carboxylic acids is 2. The summed E-state index contributed by atoms with van der Waals surface area (Å²) in [5.41, 5.74) is 9.73. The van der Waals surface area contributed by atoms with Crippen molar-refractivity contribution in [2.45, 2.75) is 20.3 Å². The third-order valence-electron chi connectivity index (χ3n) is 3.51. The number of hydrazone groups is 1. The maximum atomic E-state index is 12.1. The molecular weight excluding hydrogens is 350 g/mol. The van der Waals surface area contributed by atoms with Crippen LogP contribution in [0.1, 0.15) is 29.3 Å². The number of aryl methyl sites for hydroxylation is 1. The number of nitrogen functional groups attached to an aromatic ring is 1. The number of nitrogens with zero attached hydrogens (tertiary/aromatic N) is 2. The lowest BCUT2D eigenvalue weighted by atomic mass is 10.1. The predicted molar refractivity (Wildman–Crippen MR) is 103 cm³/mol. The van der Waals surface area contributed by atoms with Gasteiger partial charge in [0.25, 0.3) is 11.6 Å². The van der Waals surface area contributed by atoms with Crippen LogP contribution in [-0.2, 0) is 4.79 Å². The molecule has 0 aliphatic rings. The Hall–Kier alpha value is -3.75. The fraction of sp³-hybridized carbons (Fsp3) is 0.167. The van der Waals surface area contributed by atoms with Gasteiger partial charge in [0.2, 0.25) is 5.91 Å². The highest BCUT2D eigenvalue weighted by Gasteiger charge is 2.13. The molecule has 0 heterocycles. The second-order valence-corrected chi connectivity index (χ2v) is 5.95. The highest BCUT2D eigenvalue weighted by Crippen LogP contribution is 2.18. The molecule has 2 aromatic rings. The molecule has 2 aromatic carbocycles. The minimum Gasteiger partial charge on any atom is -0.399 e. The van der Waals surface area contributed by atoms with Gasteiger partial charge in [-0.25, -0.2) is 5.43 Å². The molecule has 4 N–H and O–H groups in total. The van der Waals surface area contributed by atoms with Crippen LogP contribution in [0.3, 0.4) is 0 Å². The topological polar surface area (TPSA) is 140 Å². The number of nitro benzene ring substituents is 1. The van der Waals surface area contributed by atoms with E-state index in [0.717, 1.165) is 17.7 Å². The maximum Gasteiger partial charge on any atom is 0.272 e. The van der Waals surface area contributed by atoms with Crippen LogP contribution in [0.15, 0.2) is 47.6 Å². The zero-order valence-corrected chi connectivity index (χ0v) is 14.9. The van der Waals surface area contributed by atoms with Crippen molar-refractivity contribution in [2.24, 2.45) is 5.10 Å². The third kappa shape index (κ3) is 5.92. The average molecular weight is 369 g/mol. The van der Waals surface area contributed by atoms with Gasteiger partial charge in [-0.1, -0.05) is 17.7 Å². The Labute approximate surface area is 155 Å². The van der Waals surface area contributed by atoms with Gasteiger partial charge < -0.3 is 11.1 Å². The fourth-order valence-electron chi connectivity index (χ4n) is 2.20. The van der Waals surface area contributed by atoms with Crippen molar-refractivity contribution in [1.82, 2.24) is 5.43 Å². The highest BCUT2D eigenvalue weighted by atomic mass is 16.6. The number of amides is 2. The van der Waals surface area contributed by atoms with Crippen molar-refractivity contribution in [3.05, 3.63) is 63.7 Å². The largest absolute Gasteiger partial charge is 0.399 e. The summed E-state index contributed by atoms with van der Waals surface area (Å²) in [5.74, 6) is -0.947. The highest BCUT2D eigenvalue weighted by molar-refractivity contribution is 6.06. The van der Waals surface area contributed by atoms with E-state index in [2.05, 4.69) is 15.8 Å². The van der Waals surface area contributed by atoms with E-state index in [-0.39, 0.29) is 29.3 Å². The molecule has 0 aliphatic carbocycles. The first-order valence-electron chi connectivity index (χ1n) is 7.99. The number of rotatable bonds is 6. The molecular formula is C18H19N5O4. The minimum atomic E-state index is -0.663. The van der Waals surface area contributed by atoms with Crippen molar-refractivity contribution in [2.75, 3.05) is 11.1 Å². The summed E-state index contributed by atoms with van der Waals surface area (Å²) in [6.07, 6.45) is -0.0226. The molecule has 0 saturated carbocycles. The monoisotopic (exact) mass is 369 g/mol. The summed E-state index contributed by atoms with van der Waals surface area (Å²) in [6.45, 7) is 3.52. The molecule has 0 aromatic heterocycles. The summed E-state index contributed by atoms with van der Waals surface area (Å²) in [5, 5.41) is 17.4. The Bertz CT molecular complexity index is 906. The lowest BCUT2D eigenvalue weighted by molar-refractivity contribution is -0.384. The normalized spacial score (nSPS) is 11.0. The van der Waals surface area contributed by atoms with Crippen LogP contribution in [0.4, 0.5) is 17.1 Å². The van der Waals surface area contributed by atoms with Gasteiger partial charge in [0.05, 0.1) is 16.9 Å². The first-order valence-corrected chi connectivity index (χ1v) is 7.99. The molecule has 0 radical (unpaired) electrons. The Morgan fingerprint density at radius 1 is 1.19 bits per heavy atom. The Morgan fingerprint density at radius 2 is 1.85 bits per heavy atom. The standard InChI is InChI=1S/C18H19N5O4/c1-11-3-5-15(6-4-11)20-17(24)7-12(2)21-22-18(25)13-8-14(19)10-16(9-13)23(26)27/h3-6,8-10H,7,19H2,1-2H3,(H,20,24)(H,22,25). The number of nitrogens with one attached hydrogen (secondary N) is 2. The summed E-state index contributed by atoms with van der Waals surface area (Å²) < 4.78 is 0. The van der Waals surface area contributed by atoms with Gasteiger partial charge in [0.15, 0.2) is 0 Å². The number of benzene rings is 2. The van der Waals surface area contributed by atoms with Crippen LogP contribution in [-0.4, -0.2) is 22.4 Å². The average Bonchev–Trinajstić information content (AvgIpc) is 2.61. The maximum absolute atomic E-state index is 12.1. The summed E-state index contributed by atoms with van der Waals surface area (Å²) >= 11 is 0. The van der Waals surface area contributed by atoms with Crippen molar-refractivity contribution < 1.29 is 14.5 Å². The van der Waals surface area contributed by atoms with Crippen LogP contribution in [0.25, 0.3) is 0 Å². The molecule has 0 aliphatic heterocycles. The number of nitrogens with two attached hydrogens (primary N) is 1. The van der Waals surface area contributed by atoms with Gasteiger partial charge in [-0.2, -0.15) is 5.10 Å². The molecule has 2 rings (SSSR count). The summed E-state index contributed by atoms with van der Waals surface area (Å²) in [4.78, 5) is 34.3. The first kappa shape index (κ1) is 19.6. The van der Waals surface area contributed by atoms with Crippen LogP contribution < -0.4 is 16.5 Å². The second-order valence-electron chi connectivity index (χ2n) is 5.95. The van der Waals surface area contributed by atoms with Crippen LogP contribution in [0.2, 0.25) is 0 Å². The van der Waals surface area contributed by atoms with E-state index < -0.39 is 10.8 Å². The van der Waals surface area contributed by atoms with E-state index >= 15 is 0 Å². The third-order valence-corrected chi connectivity index (χ3v) is 3.51. The molecule has 2 amide bonds. The molecule has 9 nitrogen and oxygen atoms in total. The van der Waals surface area contributed by atoms with Crippen LogP contribution in [0.5, 0.6) is 0 Å². The molecule has 0 bridgehead atoms. The predicted octanol–water partition coefficient (Wildman–Crippen LogP) is 2.62. The lowest BCUT2D eigenvalue weighted by Crippen LogP contribution is -2.21. The van der Waals surface area contributed by atoms with E-state index in [0.29, 0.717) is 11.4 Å². The minimum absolute atomic E-state index is 0.00218. The Morgan fingerprint density at radius 3 is 2.48 bits per heavy atom. The molecule has 0 atom stereocenters. The number of carbonyl (C=O) groups is 2. The van der Waals surface area contributed by atoms with Gasteiger partial charge in [0.1, 0.15) is 0 Å². The summed E-state index contributed by atoms with van der Waals surface area (Å²) in [6, 6.07) is 10.9. The molecule has 27 heavy (non-hydrogen) atoms. The molecule has 9 heteroatoms. The zero-order valence-electron chi connectivity index (χ0n) is 14.9. The Balaban J connectivity index is 1.96. The first-order chi connectivity index (χ1) is 12.7. The van der Waals surface area contributed by atoms with Gasteiger partial charge in [-0.15, -0.1) is 0 Å². The molecule has 0 saturated heterocycles. The molecule has 0 unspecified atom stereocenters. The fourth-order valence-corrected chi connectivity index (χ4v) is 2.20. The van der Waals surface area contributed by atoms with E-state index in [1.54, 1.807) is 19.1 Å². The quantitative estimate of drug-likeness (QED) is 0.311. The van der Waals surface area contributed by atoms with Gasteiger partial charge >= 0.3 is 0 Å². The second kappa shape index (κ2) is 8.56. The molecule has 140 valence electrons. The number of non-ortho nitro benzene ring substituents is 1. The molecule has 0 spiro atoms. The van der Waals surface area contributed by atoms with Gasteiger partial charge in [-0.3, -0.25) is 19.7 Å². The van der Waals surface area contributed by atoms with E-state index in [9.17, 15) is 19.7 Å². The van der Waals surface area contributed by atoms with Crippen LogP contribution in [0, 0.1) is 17.0 Å². The summed E-state index contributed by atoms with van der Waals surface area (Å²) in [7, 11) is 0. The van der Waals surface area contributed by atoms with E-state index in [1.165, 1.54) is 6.07 Å². The Kier molecular flexibility index (Phi) is 6.21. The lowest BCUT2D eigenvalue weighted by Gasteiger charge is -2.06. The number of anilines is 2. The van der Waals surface area contributed by atoms with Gasteiger partial charge in [0, 0.05) is 29.2 Å². The molecule has 0 fully saturated rings. The van der Waals surface area contributed by atoms with E-state index in [4.69, 9.17) is 5.73 Å². The van der Waals surface area contributed by atoms with Crippen molar-refractivity contribution in [3.8, 4) is 0 Å². The van der Waals surface area contributed by atoms with Crippen molar-refractivity contribution in [1.29, 1.82) is 0 Å². The van der Waals surface area contributed by atoms with Crippen LogP contribution >= 0.6 is 0 Å². The number of hydrogen-bond donors (Lipinski definition) is 3. The number of nitro groups is 1. The zero-order chi connectivity index (χ0) is 20.0. The number of hydrogen-bond acceptors (Lipinski definition) is 6. The smallest absolute Gasteiger partial charge is 0.272 e. The SMILES string of the molecule is CC(CC(=O)Nc1ccc(C)cc1)=NNC(=O)c1cc(N)cc([N+](=O)[O-])c1. The van der Waals surface area contributed by atoms with E-state index in [1.807, 2.05) is 19.1 Å². The van der Waals surface area contributed by atoms with Crippen molar-refractivity contribution in [3.63, 3.8) is 0 Å².